The smallest absolute Gasteiger partial charge is 0.239 e. The van der Waals surface area contributed by atoms with Crippen LogP contribution in [0.3, 0.4) is 0 Å². The Morgan fingerprint density at radius 2 is 2.21 bits per heavy atom. The Balaban J connectivity index is 1.82. The van der Waals surface area contributed by atoms with Gasteiger partial charge in [-0.25, -0.2) is 0 Å². The minimum atomic E-state index is -0.412. The van der Waals surface area contributed by atoms with Crippen LogP contribution >= 0.6 is 0 Å². The average Bonchev–Trinajstić information content (AvgIpc) is 2.45. The number of nitrogens with two attached hydrogens (primary N) is 1. The molecule has 19 heavy (non-hydrogen) atoms. The third-order valence-electron chi connectivity index (χ3n) is 3.46. The summed E-state index contributed by atoms with van der Waals surface area (Å²) in [6, 6.07) is 9.72. The Bertz CT molecular complexity index is 408. The van der Waals surface area contributed by atoms with Gasteiger partial charge in [-0.05, 0) is 25.3 Å². The number of rotatable bonds is 4. The van der Waals surface area contributed by atoms with E-state index < -0.39 is 6.04 Å². The number of carbonyl (C=O) groups is 1. The standard InChI is InChI=1S/C15H22N2O2/c1-12-11-17(9-10-19-12)15(18)14(16)8-7-13-5-3-2-4-6-13/h2-6,12,14H,7-11,16H2,1H3/t12?,14-/m0/s1. The van der Waals surface area contributed by atoms with Crippen molar-refractivity contribution in [1.82, 2.24) is 4.90 Å². The van der Waals surface area contributed by atoms with E-state index >= 15 is 0 Å². The molecule has 0 aromatic heterocycles. The highest BCUT2D eigenvalue weighted by Gasteiger charge is 2.25. The number of ether oxygens (including phenoxy) is 1. The molecule has 0 spiro atoms. The van der Waals surface area contributed by atoms with Gasteiger partial charge in [0.15, 0.2) is 0 Å². The Morgan fingerprint density at radius 3 is 2.89 bits per heavy atom. The second kappa shape index (κ2) is 6.68. The van der Waals surface area contributed by atoms with Gasteiger partial charge in [0.05, 0.1) is 18.8 Å². The number of hydrogen-bond donors (Lipinski definition) is 1. The van der Waals surface area contributed by atoms with Crippen LogP contribution in [0.25, 0.3) is 0 Å². The van der Waals surface area contributed by atoms with Gasteiger partial charge >= 0.3 is 0 Å². The lowest BCUT2D eigenvalue weighted by atomic mass is 10.0. The summed E-state index contributed by atoms with van der Waals surface area (Å²) in [5.41, 5.74) is 7.23. The molecule has 1 aromatic rings. The van der Waals surface area contributed by atoms with Crippen molar-refractivity contribution in [3.8, 4) is 0 Å². The summed E-state index contributed by atoms with van der Waals surface area (Å²) in [5.74, 6) is 0.0473. The summed E-state index contributed by atoms with van der Waals surface area (Å²) < 4.78 is 5.43. The minimum absolute atomic E-state index is 0.0473. The molecule has 1 unspecified atom stereocenters. The monoisotopic (exact) mass is 262 g/mol. The topological polar surface area (TPSA) is 55.6 Å². The van der Waals surface area contributed by atoms with Crippen LogP contribution in [0.15, 0.2) is 30.3 Å². The van der Waals surface area contributed by atoms with Gasteiger partial charge in [0.25, 0.3) is 0 Å². The molecule has 2 rings (SSSR count). The van der Waals surface area contributed by atoms with Crippen molar-refractivity contribution in [2.24, 2.45) is 5.73 Å². The molecule has 1 amide bonds. The largest absolute Gasteiger partial charge is 0.375 e. The predicted octanol–water partition coefficient (Wildman–Crippen LogP) is 1.19. The Hall–Kier alpha value is -1.39. The van der Waals surface area contributed by atoms with Gasteiger partial charge in [-0.1, -0.05) is 30.3 Å². The molecule has 4 nitrogen and oxygen atoms in total. The maximum absolute atomic E-state index is 12.2. The molecule has 2 atom stereocenters. The zero-order valence-corrected chi connectivity index (χ0v) is 11.4. The van der Waals surface area contributed by atoms with E-state index in [1.54, 1.807) is 0 Å². The molecular formula is C15H22N2O2. The Labute approximate surface area is 114 Å². The lowest BCUT2D eigenvalue weighted by Crippen LogP contribution is -2.50. The SMILES string of the molecule is CC1CN(C(=O)[C@@H](N)CCc2ccccc2)CCO1. The van der Waals surface area contributed by atoms with Crippen molar-refractivity contribution in [2.75, 3.05) is 19.7 Å². The van der Waals surface area contributed by atoms with E-state index in [1.165, 1.54) is 5.56 Å². The van der Waals surface area contributed by atoms with E-state index in [1.807, 2.05) is 30.0 Å². The number of carbonyl (C=O) groups excluding carboxylic acids is 1. The molecule has 0 radical (unpaired) electrons. The summed E-state index contributed by atoms with van der Waals surface area (Å²) in [5, 5.41) is 0. The van der Waals surface area contributed by atoms with Crippen molar-refractivity contribution in [1.29, 1.82) is 0 Å². The first-order valence-corrected chi connectivity index (χ1v) is 6.86. The van der Waals surface area contributed by atoms with Crippen molar-refractivity contribution >= 4 is 5.91 Å². The van der Waals surface area contributed by atoms with Crippen molar-refractivity contribution < 1.29 is 9.53 Å². The van der Waals surface area contributed by atoms with Crippen LogP contribution in [-0.4, -0.2) is 42.6 Å². The van der Waals surface area contributed by atoms with E-state index in [0.717, 1.165) is 6.42 Å². The second-order valence-corrected chi connectivity index (χ2v) is 5.10. The number of amides is 1. The van der Waals surface area contributed by atoms with Gasteiger partial charge in [-0.2, -0.15) is 0 Å². The molecule has 1 aliphatic heterocycles. The van der Waals surface area contributed by atoms with Crippen LogP contribution in [-0.2, 0) is 16.0 Å². The molecule has 0 saturated carbocycles. The summed E-state index contributed by atoms with van der Waals surface area (Å²) in [6.07, 6.45) is 1.64. The van der Waals surface area contributed by atoms with E-state index in [0.29, 0.717) is 26.1 Å². The van der Waals surface area contributed by atoms with E-state index in [-0.39, 0.29) is 12.0 Å². The first kappa shape index (κ1) is 14.0. The highest BCUT2D eigenvalue weighted by Crippen LogP contribution is 2.09. The highest BCUT2D eigenvalue weighted by molar-refractivity contribution is 5.81. The minimum Gasteiger partial charge on any atom is -0.375 e. The third kappa shape index (κ3) is 4.04. The molecule has 1 heterocycles. The fourth-order valence-electron chi connectivity index (χ4n) is 2.34. The van der Waals surface area contributed by atoms with Crippen molar-refractivity contribution in [3.63, 3.8) is 0 Å². The fourth-order valence-corrected chi connectivity index (χ4v) is 2.34. The maximum atomic E-state index is 12.2. The van der Waals surface area contributed by atoms with Gasteiger partial charge in [-0.15, -0.1) is 0 Å². The normalized spacial score (nSPS) is 21.2. The molecule has 0 bridgehead atoms. The first-order chi connectivity index (χ1) is 9.16. The summed E-state index contributed by atoms with van der Waals surface area (Å²) in [7, 11) is 0. The van der Waals surface area contributed by atoms with Gasteiger partial charge < -0.3 is 15.4 Å². The quantitative estimate of drug-likeness (QED) is 0.887. The second-order valence-electron chi connectivity index (χ2n) is 5.10. The number of aryl methyl sites for hydroxylation is 1. The van der Waals surface area contributed by atoms with Gasteiger partial charge in [0.2, 0.25) is 5.91 Å². The van der Waals surface area contributed by atoms with E-state index in [9.17, 15) is 4.79 Å². The van der Waals surface area contributed by atoms with Crippen molar-refractivity contribution in [2.45, 2.75) is 31.9 Å². The van der Waals surface area contributed by atoms with Crippen LogP contribution in [0.1, 0.15) is 18.9 Å². The zero-order valence-electron chi connectivity index (χ0n) is 11.4. The number of hydrogen-bond acceptors (Lipinski definition) is 3. The average molecular weight is 262 g/mol. The van der Waals surface area contributed by atoms with Gasteiger partial charge in [-0.3, -0.25) is 4.79 Å². The van der Waals surface area contributed by atoms with E-state index in [4.69, 9.17) is 10.5 Å². The zero-order chi connectivity index (χ0) is 13.7. The van der Waals surface area contributed by atoms with Crippen molar-refractivity contribution in [3.05, 3.63) is 35.9 Å². The van der Waals surface area contributed by atoms with Gasteiger partial charge in [0.1, 0.15) is 0 Å². The Kier molecular flexibility index (Phi) is 4.93. The molecule has 104 valence electrons. The van der Waals surface area contributed by atoms with Crippen LogP contribution in [0.4, 0.5) is 0 Å². The van der Waals surface area contributed by atoms with Crippen LogP contribution < -0.4 is 5.73 Å². The summed E-state index contributed by atoms with van der Waals surface area (Å²) >= 11 is 0. The van der Waals surface area contributed by atoms with Crippen LogP contribution in [0.2, 0.25) is 0 Å². The Morgan fingerprint density at radius 1 is 1.47 bits per heavy atom. The summed E-state index contributed by atoms with van der Waals surface area (Å²) in [6.45, 7) is 3.90. The summed E-state index contributed by atoms with van der Waals surface area (Å²) in [4.78, 5) is 14.0. The van der Waals surface area contributed by atoms with Gasteiger partial charge in [0, 0.05) is 13.1 Å². The fraction of sp³-hybridized carbons (Fsp3) is 0.533. The molecule has 0 aliphatic carbocycles. The van der Waals surface area contributed by atoms with Crippen LogP contribution in [0, 0.1) is 0 Å². The molecule has 1 fully saturated rings. The molecule has 1 aliphatic rings. The molecule has 1 aromatic carbocycles. The number of benzene rings is 1. The highest BCUT2D eigenvalue weighted by atomic mass is 16.5. The maximum Gasteiger partial charge on any atom is 0.239 e. The lowest BCUT2D eigenvalue weighted by molar-refractivity contribution is -0.139. The molecule has 2 N–H and O–H groups in total. The molecular weight excluding hydrogens is 240 g/mol. The molecule has 4 heteroatoms. The van der Waals surface area contributed by atoms with Crippen LogP contribution in [0.5, 0.6) is 0 Å². The third-order valence-corrected chi connectivity index (χ3v) is 3.46. The number of morpholine rings is 1. The predicted molar refractivity (Wildman–Crippen MR) is 74.7 cm³/mol. The molecule has 1 saturated heterocycles. The first-order valence-electron chi connectivity index (χ1n) is 6.86. The lowest BCUT2D eigenvalue weighted by Gasteiger charge is -2.32. The van der Waals surface area contributed by atoms with E-state index in [2.05, 4.69) is 12.1 Å². The number of nitrogens with zero attached hydrogens (tertiary/aromatic N) is 1.